The van der Waals surface area contributed by atoms with E-state index in [2.05, 4.69) is 21.3 Å². The van der Waals surface area contributed by atoms with Gasteiger partial charge in [-0.25, -0.2) is 4.98 Å². The van der Waals surface area contributed by atoms with Gasteiger partial charge in [-0.3, -0.25) is 14.7 Å². The fourth-order valence-electron chi connectivity index (χ4n) is 3.55. The van der Waals surface area contributed by atoms with Gasteiger partial charge in [0.2, 0.25) is 6.23 Å². The molecule has 1 aliphatic rings. The number of pyridine rings is 1. The summed E-state index contributed by atoms with van der Waals surface area (Å²) in [6.07, 6.45) is 5.29. The third kappa shape index (κ3) is 4.13. The van der Waals surface area contributed by atoms with E-state index >= 15 is 0 Å². The molecule has 1 saturated heterocycles. The predicted octanol–water partition coefficient (Wildman–Crippen LogP) is 4.64. The van der Waals surface area contributed by atoms with Crippen LogP contribution in [0, 0.1) is 6.92 Å². The Kier molecular flexibility index (Phi) is 5.78. The van der Waals surface area contributed by atoms with Gasteiger partial charge in [-0.2, -0.15) is 0 Å². The monoisotopic (exact) mass is 393 g/mol. The molecule has 3 heterocycles. The second-order valence-electron chi connectivity index (χ2n) is 6.97. The Morgan fingerprint density at radius 3 is 2.82 bits per heavy atom. The summed E-state index contributed by atoms with van der Waals surface area (Å²) in [5.74, 6) is 0.702. The Hall–Kier alpha value is -2.57. The molecule has 3 aromatic rings. The van der Waals surface area contributed by atoms with E-state index in [0.29, 0.717) is 5.75 Å². The number of piperidine rings is 1. The number of carbonyl (C=O) groups is 1. The van der Waals surface area contributed by atoms with Gasteiger partial charge in [0, 0.05) is 29.4 Å². The SMILES string of the molecule is Cc1ccc(-c2nc([C@H]3CCCCN3C(C=O)Oc3ccccc3)cs2)cn1. The van der Waals surface area contributed by atoms with Crippen LogP contribution in [0.3, 0.4) is 0 Å². The van der Waals surface area contributed by atoms with Gasteiger partial charge < -0.3 is 4.74 Å². The van der Waals surface area contributed by atoms with E-state index in [4.69, 9.17) is 9.72 Å². The Bertz CT molecular complexity index is 911. The van der Waals surface area contributed by atoms with Crippen molar-refractivity contribution in [1.29, 1.82) is 0 Å². The molecule has 1 fully saturated rings. The first kappa shape index (κ1) is 18.8. The maximum atomic E-state index is 11.9. The van der Waals surface area contributed by atoms with Crippen molar-refractivity contribution in [2.24, 2.45) is 0 Å². The van der Waals surface area contributed by atoms with Gasteiger partial charge in [-0.05, 0) is 44.0 Å². The molecule has 4 rings (SSSR count). The van der Waals surface area contributed by atoms with Gasteiger partial charge in [-0.1, -0.05) is 24.6 Å². The number of aromatic nitrogens is 2. The van der Waals surface area contributed by atoms with Gasteiger partial charge in [0.1, 0.15) is 10.8 Å². The minimum absolute atomic E-state index is 0.0797. The maximum absolute atomic E-state index is 11.9. The molecule has 0 bridgehead atoms. The molecule has 2 aromatic heterocycles. The summed E-state index contributed by atoms with van der Waals surface area (Å²) in [6.45, 7) is 2.79. The first-order chi connectivity index (χ1) is 13.7. The van der Waals surface area contributed by atoms with Crippen LogP contribution in [-0.4, -0.2) is 33.9 Å². The summed E-state index contributed by atoms with van der Waals surface area (Å²) >= 11 is 1.62. The molecule has 1 aliphatic heterocycles. The molecular formula is C22H23N3O2S. The molecule has 1 unspecified atom stereocenters. The van der Waals surface area contributed by atoms with Crippen LogP contribution >= 0.6 is 11.3 Å². The van der Waals surface area contributed by atoms with E-state index in [9.17, 15) is 4.79 Å². The zero-order valence-electron chi connectivity index (χ0n) is 15.8. The zero-order chi connectivity index (χ0) is 19.3. The fourth-order valence-corrected chi connectivity index (χ4v) is 4.41. The molecule has 0 N–H and O–H groups in total. The number of benzene rings is 1. The Balaban J connectivity index is 1.56. The summed E-state index contributed by atoms with van der Waals surface area (Å²) in [5.41, 5.74) is 3.02. The van der Waals surface area contributed by atoms with E-state index in [1.807, 2.05) is 49.5 Å². The van der Waals surface area contributed by atoms with Crippen molar-refractivity contribution in [3.05, 3.63) is 65.4 Å². The molecule has 6 heteroatoms. The van der Waals surface area contributed by atoms with Crippen molar-refractivity contribution < 1.29 is 9.53 Å². The van der Waals surface area contributed by atoms with Crippen LogP contribution in [0.5, 0.6) is 5.75 Å². The standard InChI is InChI=1S/C22H23N3O2S/c1-16-10-11-17(13-23-16)22-24-19(15-28-22)20-9-5-6-12-25(20)21(14-26)27-18-7-3-2-4-8-18/h2-4,7-8,10-11,13-15,20-21H,5-6,9,12H2,1H3/t20-,21?/m1/s1. The van der Waals surface area contributed by atoms with Crippen LogP contribution in [0.15, 0.2) is 54.0 Å². The van der Waals surface area contributed by atoms with Crippen LogP contribution in [0.4, 0.5) is 0 Å². The van der Waals surface area contributed by atoms with Crippen molar-refractivity contribution >= 4 is 17.6 Å². The van der Waals surface area contributed by atoms with E-state index in [-0.39, 0.29) is 6.04 Å². The highest BCUT2D eigenvalue weighted by Gasteiger charge is 2.32. The fraction of sp³-hybridized carbons (Fsp3) is 0.318. The normalized spacial score (nSPS) is 18.5. The number of hydrogen-bond donors (Lipinski definition) is 0. The van der Waals surface area contributed by atoms with Crippen LogP contribution in [-0.2, 0) is 4.79 Å². The molecule has 0 radical (unpaired) electrons. The summed E-state index contributed by atoms with van der Waals surface area (Å²) in [4.78, 5) is 23.2. The number of likely N-dealkylation sites (tertiary alicyclic amines) is 1. The number of rotatable bonds is 6. The Morgan fingerprint density at radius 1 is 1.21 bits per heavy atom. The molecular weight excluding hydrogens is 370 g/mol. The first-order valence-corrected chi connectivity index (χ1v) is 10.4. The smallest absolute Gasteiger partial charge is 0.209 e. The molecule has 0 saturated carbocycles. The van der Waals surface area contributed by atoms with Gasteiger partial charge in [0.15, 0.2) is 6.29 Å². The third-order valence-electron chi connectivity index (χ3n) is 5.01. The lowest BCUT2D eigenvalue weighted by molar-refractivity contribution is -0.125. The number of carbonyl (C=O) groups excluding carboxylic acids is 1. The van der Waals surface area contributed by atoms with E-state index in [1.54, 1.807) is 11.3 Å². The minimum Gasteiger partial charge on any atom is -0.468 e. The largest absolute Gasteiger partial charge is 0.468 e. The average Bonchev–Trinajstić information content (AvgIpc) is 3.23. The molecule has 0 amide bonds. The number of para-hydroxylation sites is 1. The molecule has 144 valence electrons. The summed E-state index contributed by atoms with van der Waals surface area (Å²) in [5, 5.41) is 3.06. The molecule has 2 atom stereocenters. The molecule has 5 nitrogen and oxygen atoms in total. The highest BCUT2D eigenvalue weighted by molar-refractivity contribution is 7.13. The van der Waals surface area contributed by atoms with Crippen LogP contribution in [0.2, 0.25) is 0 Å². The van der Waals surface area contributed by atoms with Crippen LogP contribution < -0.4 is 4.74 Å². The second kappa shape index (κ2) is 8.63. The van der Waals surface area contributed by atoms with Gasteiger partial charge in [-0.15, -0.1) is 11.3 Å². The van der Waals surface area contributed by atoms with E-state index < -0.39 is 6.23 Å². The van der Waals surface area contributed by atoms with Crippen molar-refractivity contribution in [1.82, 2.24) is 14.9 Å². The Morgan fingerprint density at radius 2 is 2.07 bits per heavy atom. The lowest BCUT2D eigenvalue weighted by Crippen LogP contribution is -2.45. The topological polar surface area (TPSA) is 55.3 Å². The lowest BCUT2D eigenvalue weighted by atomic mass is 9.99. The van der Waals surface area contributed by atoms with Gasteiger partial charge in [0.25, 0.3) is 0 Å². The third-order valence-corrected chi connectivity index (χ3v) is 5.92. The zero-order valence-corrected chi connectivity index (χ0v) is 16.6. The summed E-state index contributed by atoms with van der Waals surface area (Å²) in [6, 6.07) is 13.6. The maximum Gasteiger partial charge on any atom is 0.209 e. The lowest BCUT2D eigenvalue weighted by Gasteiger charge is -2.37. The number of aldehydes is 1. The van der Waals surface area contributed by atoms with Crippen molar-refractivity contribution in [2.45, 2.75) is 38.5 Å². The van der Waals surface area contributed by atoms with E-state index in [0.717, 1.165) is 54.1 Å². The quantitative estimate of drug-likeness (QED) is 0.571. The molecule has 28 heavy (non-hydrogen) atoms. The number of nitrogens with zero attached hydrogens (tertiary/aromatic N) is 3. The second-order valence-corrected chi connectivity index (χ2v) is 7.83. The van der Waals surface area contributed by atoms with Crippen LogP contribution in [0.25, 0.3) is 10.6 Å². The summed E-state index contributed by atoms with van der Waals surface area (Å²) in [7, 11) is 0. The molecule has 0 aliphatic carbocycles. The van der Waals surface area contributed by atoms with Crippen molar-refractivity contribution in [3.63, 3.8) is 0 Å². The molecule has 1 aromatic carbocycles. The highest BCUT2D eigenvalue weighted by Crippen LogP contribution is 2.35. The van der Waals surface area contributed by atoms with Crippen molar-refractivity contribution in [2.75, 3.05) is 6.54 Å². The van der Waals surface area contributed by atoms with Crippen molar-refractivity contribution in [3.8, 4) is 16.3 Å². The average molecular weight is 394 g/mol. The highest BCUT2D eigenvalue weighted by atomic mass is 32.1. The summed E-state index contributed by atoms with van der Waals surface area (Å²) < 4.78 is 5.98. The Labute approximate surface area is 169 Å². The number of aryl methyl sites for hydroxylation is 1. The number of thiazole rings is 1. The van der Waals surface area contributed by atoms with Crippen LogP contribution in [0.1, 0.15) is 36.7 Å². The van der Waals surface area contributed by atoms with Gasteiger partial charge in [0.05, 0.1) is 11.7 Å². The minimum atomic E-state index is -0.612. The predicted molar refractivity (Wildman–Crippen MR) is 110 cm³/mol. The van der Waals surface area contributed by atoms with E-state index in [1.165, 1.54) is 0 Å². The first-order valence-electron chi connectivity index (χ1n) is 9.56. The van der Waals surface area contributed by atoms with Gasteiger partial charge >= 0.3 is 0 Å². The number of ether oxygens (including phenoxy) is 1. The molecule has 0 spiro atoms. The number of hydrogen-bond acceptors (Lipinski definition) is 6.